The topological polar surface area (TPSA) is 131 Å². The standard InChI is InChI=1S/C42H55N7O5S/c1-9-48-34-15-14-26-18-28(34)29(38(48)27-12-10-16-43-37(27)25(3)53-8)20-42(4,5)23-54-41(52)31-13-11-17-49(46-31)40(51)32(19-35-44-33(26)22-55-35)45-39(50)36-24(2)30(36)21-47(6)7/h10,12,14-16,18,22,24-25,30-32,36,46H,9,11,13,17,19-21,23H2,1-8H3,(H,45,50)/t24-,25-,30+,31-,32-,36+/m0/s1. The predicted molar refractivity (Wildman–Crippen MR) is 214 cm³/mol. The van der Waals surface area contributed by atoms with Crippen LogP contribution in [0.1, 0.15) is 69.8 Å². The van der Waals surface area contributed by atoms with E-state index in [1.807, 2.05) is 38.7 Å². The highest BCUT2D eigenvalue weighted by Gasteiger charge is 2.52. The monoisotopic (exact) mass is 769 g/mol. The number of rotatable bonds is 8. The zero-order valence-corrected chi connectivity index (χ0v) is 34.2. The first-order chi connectivity index (χ1) is 26.3. The molecule has 0 spiro atoms. The molecule has 2 N–H and O–H groups in total. The van der Waals surface area contributed by atoms with Crippen molar-refractivity contribution in [1.82, 2.24) is 35.2 Å². The summed E-state index contributed by atoms with van der Waals surface area (Å²) in [6.07, 6.45) is 3.62. The predicted octanol–water partition coefficient (Wildman–Crippen LogP) is 5.65. The highest BCUT2D eigenvalue weighted by atomic mass is 32.1. The number of hydrazine groups is 1. The van der Waals surface area contributed by atoms with Crippen molar-refractivity contribution in [1.29, 1.82) is 0 Å². The number of nitrogens with one attached hydrogen (secondary N) is 2. The normalized spacial score (nSPS) is 24.7. The minimum atomic E-state index is -0.849. The van der Waals surface area contributed by atoms with Crippen molar-refractivity contribution in [3.63, 3.8) is 0 Å². The number of benzene rings is 1. The van der Waals surface area contributed by atoms with Crippen molar-refractivity contribution >= 4 is 40.0 Å². The van der Waals surface area contributed by atoms with Gasteiger partial charge in [-0.15, -0.1) is 11.3 Å². The van der Waals surface area contributed by atoms with E-state index in [4.69, 9.17) is 19.4 Å². The van der Waals surface area contributed by atoms with Crippen LogP contribution in [0.5, 0.6) is 0 Å². The molecule has 4 aromatic rings. The Morgan fingerprint density at radius 3 is 2.78 bits per heavy atom. The van der Waals surface area contributed by atoms with E-state index in [1.165, 1.54) is 16.3 Å². The van der Waals surface area contributed by atoms with Gasteiger partial charge < -0.3 is 24.3 Å². The van der Waals surface area contributed by atoms with Gasteiger partial charge in [0.1, 0.15) is 12.1 Å². The molecule has 1 saturated carbocycles. The Balaban J connectivity index is 1.32. The number of hydrogen-bond acceptors (Lipinski definition) is 10. The van der Waals surface area contributed by atoms with Crippen molar-refractivity contribution < 1.29 is 23.9 Å². The number of hydrogen-bond donors (Lipinski definition) is 2. The molecule has 2 amide bonds. The maximum atomic E-state index is 14.3. The molecule has 7 rings (SSSR count). The number of esters is 1. The van der Waals surface area contributed by atoms with Gasteiger partial charge in [0.05, 0.1) is 34.8 Å². The lowest BCUT2D eigenvalue weighted by Crippen LogP contribution is -2.60. The van der Waals surface area contributed by atoms with E-state index >= 15 is 0 Å². The molecule has 3 aromatic heterocycles. The number of carbonyl (C=O) groups is 3. The first-order valence-corrected chi connectivity index (χ1v) is 20.5. The largest absolute Gasteiger partial charge is 0.464 e. The first kappa shape index (κ1) is 39.1. The Kier molecular flexibility index (Phi) is 11.2. The van der Waals surface area contributed by atoms with Crippen LogP contribution in [0, 0.1) is 23.2 Å². The van der Waals surface area contributed by atoms with E-state index in [0.717, 1.165) is 62.8 Å². The van der Waals surface area contributed by atoms with E-state index in [0.29, 0.717) is 25.8 Å². The summed E-state index contributed by atoms with van der Waals surface area (Å²) in [6.45, 7) is 12.7. The summed E-state index contributed by atoms with van der Waals surface area (Å²) >= 11 is 1.49. The maximum Gasteiger partial charge on any atom is 0.324 e. The Labute approximate surface area is 327 Å². The lowest BCUT2D eigenvalue weighted by molar-refractivity contribution is -0.155. The highest BCUT2D eigenvalue weighted by molar-refractivity contribution is 7.10. The zero-order valence-electron chi connectivity index (χ0n) is 33.3. The van der Waals surface area contributed by atoms with E-state index in [2.05, 4.69) is 72.2 Å². The van der Waals surface area contributed by atoms with E-state index in [9.17, 15) is 14.4 Å². The molecule has 13 heteroatoms. The van der Waals surface area contributed by atoms with Crippen molar-refractivity contribution in [2.24, 2.45) is 23.2 Å². The minimum Gasteiger partial charge on any atom is -0.464 e. The van der Waals surface area contributed by atoms with Crippen LogP contribution in [0.25, 0.3) is 33.4 Å². The molecule has 12 nitrogen and oxygen atoms in total. The molecule has 1 aliphatic carbocycles. The summed E-state index contributed by atoms with van der Waals surface area (Å²) in [5.74, 6) is -0.468. The smallest absolute Gasteiger partial charge is 0.324 e. The number of fused-ring (bicyclic) bond motifs is 6. The van der Waals surface area contributed by atoms with Crippen LogP contribution >= 0.6 is 11.3 Å². The van der Waals surface area contributed by atoms with Gasteiger partial charge in [-0.1, -0.05) is 26.8 Å². The molecular weight excluding hydrogens is 715 g/mol. The first-order valence-electron chi connectivity index (χ1n) is 19.6. The van der Waals surface area contributed by atoms with Crippen LogP contribution in [0.2, 0.25) is 0 Å². The molecule has 0 radical (unpaired) electrons. The fourth-order valence-corrected chi connectivity index (χ4v) is 9.36. The van der Waals surface area contributed by atoms with Crippen LogP contribution in [-0.2, 0) is 43.2 Å². The summed E-state index contributed by atoms with van der Waals surface area (Å²) in [7, 11) is 5.72. The summed E-state index contributed by atoms with van der Waals surface area (Å²) in [6, 6.07) is 9.03. The molecule has 6 bridgehead atoms. The fraction of sp³-hybridized carbons (Fsp3) is 0.548. The Morgan fingerprint density at radius 1 is 1.24 bits per heavy atom. The van der Waals surface area contributed by atoms with Crippen LogP contribution in [0.3, 0.4) is 0 Å². The minimum absolute atomic E-state index is 0.113. The van der Waals surface area contributed by atoms with Gasteiger partial charge >= 0.3 is 5.97 Å². The number of aromatic nitrogens is 3. The second-order valence-electron chi connectivity index (χ2n) is 16.6. The molecule has 6 atom stereocenters. The number of aryl methyl sites for hydroxylation is 1. The Morgan fingerprint density at radius 2 is 2.04 bits per heavy atom. The molecule has 55 heavy (non-hydrogen) atoms. The number of nitrogens with zero attached hydrogens (tertiary/aromatic N) is 5. The molecule has 2 fully saturated rings. The van der Waals surface area contributed by atoms with Gasteiger partial charge in [0.2, 0.25) is 5.91 Å². The average Bonchev–Trinajstić information content (AvgIpc) is 3.45. The second-order valence-corrected chi connectivity index (χ2v) is 17.5. The van der Waals surface area contributed by atoms with Crippen LogP contribution in [0.15, 0.2) is 41.9 Å². The van der Waals surface area contributed by atoms with Crippen molar-refractivity contribution in [3.8, 4) is 22.5 Å². The third kappa shape index (κ3) is 7.94. The third-order valence-corrected chi connectivity index (χ3v) is 12.5. The number of pyridine rings is 1. The van der Waals surface area contributed by atoms with Crippen LogP contribution in [0.4, 0.5) is 0 Å². The van der Waals surface area contributed by atoms with E-state index < -0.39 is 23.5 Å². The third-order valence-electron chi connectivity index (χ3n) is 11.6. The maximum absolute atomic E-state index is 14.3. The van der Waals surface area contributed by atoms with Gasteiger partial charge in [-0.2, -0.15) is 0 Å². The van der Waals surface area contributed by atoms with Gasteiger partial charge in [-0.3, -0.25) is 24.4 Å². The zero-order chi connectivity index (χ0) is 39.2. The quantitative estimate of drug-likeness (QED) is 0.219. The highest BCUT2D eigenvalue weighted by Crippen LogP contribution is 2.46. The number of thiazole rings is 1. The Hall–Kier alpha value is -4.17. The lowest BCUT2D eigenvalue weighted by Gasteiger charge is -2.35. The SMILES string of the molecule is CCn1c(-c2cccnc2[C@H](C)OC)c2c3cc(ccc31)-c1csc(n1)C[C@H](NC(=O)[C@@H]1[C@@H](C)[C@H]1CN(C)C)C(=O)N1CCC[C@H](N1)C(=O)OCC(C)(C)C2. The van der Waals surface area contributed by atoms with Gasteiger partial charge in [-0.05, 0) is 88.9 Å². The second kappa shape index (κ2) is 15.8. The number of carbonyl (C=O) groups excluding carboxylic acids is 3. The van der Waals surface area contributed by atoms with Crippen LogP contribution in [-0.4, -0.2) is 95.2 Å². The van der Waals surface area contributed by atoms with Gasteiger partial charge in [0, 0.05) is 78.1 Å². The fourth-order valence-electron chi connectivity index (χ4n) is 8.51. The van der Waals surface area contributed by atoms with Gasteiger partial charge in [-0.25, -0.2) is 10.4 Å². The lowest BCUT2D eigenvalue weighted by atomic mass is 9.84. The van der Waals surface area contributed by atoms with Gasteiger partial charge in [0.15, 0.2) is 0 Å². The van der Waals surface area contributed by atoms with E-state index in [-0.39, 0.29) is 48.7 Å². The molecular formula is C42H55N7O5S. The number of amides is 2. The van der Waals surface area contributed by atoms with Crippen molar-refractivity contribution in [2.45, 2.75) is 85.0 Å². The molecule has 294 valence electrons. The van der Waals surface area contributed by atoms with Gasteiger partial charge in [0.25, 0.3) is 5.91 Å². The summed E-state index contributed by atoms with van der Waals surface area (Å²) in [5.41, 5.74) is 9.69. The molecule has 3 aliphatic rings. The molecule has 1 saturated heterocycles. The van der Waals surface area contributed by atoms with Crippen LogP contribution < -0.4 is 10.7 Å². The number of ether oxygens (including phenoxy) is 2. The molecule has 2 aliphatic heterocycles. The van der Waals surface area contributed by atoms with Crippen molar-refractivity contribution in [2.75, 3.05) is 40.9 Å². The van der Waals surface area contributed by atoms with Crippen molar-refractivity contribution in [3.05, 3.63) is 58.2 Å². The molecule has 1 aromatic carbocycles. The molecule has 0 unspecified atom stereocenters. The number of methoxy groups -OCH3 is 1. The summed E-state index contributed by atoms with van der Waals surface area (Å²) in [4.78, 5) is 53.6. The average molecular weight is 770 g/mol. The summed E-state index contributed by atoms with van der Waals surface area (Å²) in [5, 5.41) is 8.50. The summed E-state index contributed by atoms with van der Waals surface area (Å²) < 4.78 is 14.2. The van der Waals surface area contributed by atoms with E-state index in [1.54, 1.807) is 7.11 Å². The Bertz CT molecular complexity index is 2070. The molecule has 5 heterocycles. The number of cyclic esters (lactones) is 1.